The highest BCUT2D eigenvalue weighted by Crippen LogP contribution is 2.15. The summed E-state index contributed by atoms with van der Waals surface area (Å²) in [4.78, 5) is 34.1. The first-order valence-corrected chi connectivity index (χ1v) is 7.67. The lowest BCUT2D eigenvalue weighted by Gasteiger charge is -2.06. The van der Waals surface area contributed by atoms with Crippen LogP contribution in [-0.2, 0) is 14.4 Å². The molecule has 2 aromatic carbocycles. The van der Waals surface area contributed by atoms with Gasteiger partial charge in [-0.15, -0.1) is 0 Å². The molecular formula is C17H14ClN3O5. The van der Waals surface area contributed by atoms with Gasteiger partial charge in [0.05, 0.1) is 6.21 Å². The molecule has 0 spiro atoms. The summed E-state index contributed by atoms with van der Waals surface area (Å²) in [5.74, 6) is -2.72. The van der Waals surface area contributed by atoms with Gasteiger partial charge in [-0.05, 0) is 36.4 Å². The van der Waals surface area contributed by atoms with E-state index in [1.165, 1.54) is 6.21 Å². The second-order valence-corrected chi connectivity index (χ2v) is 5.32. The summed E-state index contributed by atoms with van der Waals surface area (Å²) < 4.78 is 5.10. The number of ether oxygens (including phenoxy) is 1. The predicted molar refractivity (Wildman–Crippen MR) is 95.4 cm³/mol. The number of para-hydroxylation sites is 1. The first-order valence-electron chi connectivity index (χ1n) is 7.29. The number of rotatable bonds is 6. The Balaban J connectivity index is 1.93. The number of nitrogens with zero attached hydrogens (tertiary/aromatic N) is 1. The van der Waals surface area contributed by atoms with Crippen LogP contribution in [0, 0.1) is 0 Å². The largest absolute Gasteiger partial charge is 0.481 e. The molecule has 0 heterocycles. The molecular weight excluding hydrogens is 362 g/mol. The topological polar surface area (TPSA) is 117 Å². The average molecular weight is 376 g/mol. The third-order valence-electron chi connectivity index (χ3n) is 2.95. The number of amides is 2. The van der Waals surface area contributed by atoms with Crippen LogP contribution >= 0.6 is 11.6 Å². The van der Waals surface area contributed by atoms with Crippen molar-refractivity contribution in [2.75, 3.05) is 11.9 Å². The van der Waals surface area contributed by atoms with Crippen LogP contribution in [-0.4, -0.2) is 35.7 Å². The molecule has 0 aliphatic rings. The van der Waals surface area contributed by atoms with Gasteiger partial charge in [-0.1, -0.05) is 23.7 Å². The summed E-state index contributed by atoms with van der Waals surface area (Å²) in [5, 5.41) is 15.2. The summed E-state index contributed by atoms with van der Waals surface area (Å²) in [6, 6.07) is 12.7. The van der Waals surface area contributed by atoms with Crippen molar-refractivity contribution in [2.24, 2.45) is 5.10 Å². The van der Waals surface area contributed by atoms with E-state index in [4.69, 9.17) is 21.4 Å². The molecule has 134 valence electrons. The number of hydrogen-bond donors (Lipinski definition) is 3. The summed E-state index contributed by atoms with van der Waals surface area (Å²) in [6.45, 7) is -0.513. The SMILES string of the molecule is O=C(O)COc1ccccc1/C=N\NC(=O)C(=O)Nc1ccc(Cl)cc1. The van der Waals surface area contributed by atoms with Gasteiger partial charge in [0.15, 0.2) is 6.61 Å². The van der Waals surface area contributed by atoms with Crippen molar-refractivity contribution in [1.82, 2.24) is 5.43 Å². The number of hydrogen-bond acceptors (Lipinski definition) is 5. The fourth-order valence-corrected chi connectivity index (χ4v) is 1.92. The molecule has 0 aliphatic heterocycles. The van der Waals surface area contributed by atoms with Crippen LogP contribution in [0.4, 0.5) is 5.69 Å². The Morgan fingerprint density at radius 1 is 1.08 bits per heavy atom. The van der Waals surface area contributed by atoms with Crippen molar-refractivity contribution in [3.05, 3.63) is 59.1 Å². The van der Waals surface area contributed by atoms with Gasteiger partial charge >= 0.3 is 17.8 Å². The van der Waals surface area contributed by atoms with E-state index < -0.39 is 24.4 Å². The Bertz CT molecular complexity index is 837. The highest BCUT2D eigenvalue weighted by molar-refractivity contribution is 6.39. The Morgan fingerprint density at radius 3 is 2.46 bits per heavy atom. The molecule has 0 atom stereocenters. The monoisotopic (exact) mass is 375 g/mol. The van der Waals surface area contributed by atoms with Crippen LogP contribution in [0.5, 0.6) is 5.75 Å². The predicted octanol–water partition coefficient (Wildman–Crippen LogP) is 1.89. The second-order valence-electron chi connectivity index (χ2n) is 4.88. The van der Waals surface area contributed by atoms with Gasteiger partial charge in [0, 0.05) is 16.3 Å². The molecule has 9 heteroatoms. The maximum absolute atomic E-state index is 11.8. The van der Waals surface area contributed by atoms with Crippen molar-refractivity contribution in [3.63, 3.8) is 0 Å². The molecule has 2 rings (SSSR count). The highest BCUT2D eigenvalue weighted by Gasteiger charge is 2.12. The number of benzene rings is 2. The Hall–Kier alpha value is -3.39. The molecule has 0 aromatic heterocycles. The van der Waals surface area contributed by atoms with Crippen LogP contribution < -0.4 is 15.5 Å². The lowest BCUT2D eigenvalue weighted by molar-refractivity contribution is -0.139. The lowest BCUT2D eigenvalue weighted by Crippen LogP contribution is -2.32. The van der Waals surface area contributed by atoms with E-state index in [1.807, 2.05) is 0 Å². The fourth-order valence-electron chi connectivity index (χ4n) is 1.79. The van der Waals surface area contributed by atoms with Gasteiger partial charge in [-0.25, -0.2) is 10.2 Å². The smallest absolute Gasteiger partial charge is 0.341 e. The molecule has 2 amide bonds. The molecule has 0 saturated heterocycles. The van der Waals surface area contributed by atoms with Crippen LogP contribution in [0.25, 0.3) is 0 Å². The Labute approximate surface area is 153 Å². The van der Waals surface area contributed by atoms with Crippen LogP contribution in [0.15, 0.2) is 53.6 Å². The third kappa shape index (κ3) is 5.91. The Kier molecular flexibility index (Phi) is 6.69. The molecule has 2 aromatic rings. The fraction of sp³-hybridized carbons (Fsp3) is 0.0588. The van der Waals surface area contributed by atoms with Crippen molar-refractivity contribution >= 4 is 41.3 Å². The number of aliphatic carboxylic acids is 1. The van der Waals surface area contributed by atoms with Gasteiger partial charge < -0.3 is 15.2 Å². The number of carboxylic acids is 1. The number of nitrogens with one attached hydrogen (secondary N) is 2. The van der Waals surface area contributed by atoms with Crippen molar-refractivity contribution in [2.45, 2.75) is 0 Å². The van der Waals surface area contributed by atoms with Crippen molar-refractivity contribution < 1.29 is 24.2 Å². The van der Waals surface area contributed by atoms with Gasteiger partial charge in [0.2, 0.25) is 0 Å². The Morgan fingerprint density at radius 2 is 1.77 bits per heavy atom. The number of hydrazone groups is 1. The lowest BCUT2D eigenvalue weighted by atomic mass is 10.2. The van der Waals surface area contributed by atoms with E-state index in [9.17, 15) is 14.4 Å². The minimum atomic E-state index is -1.12. The molecule has 3 N–H and O–H groups in total. The maximum atomic E-state index is 11.8. The van der Waals surface area contributed by atoms with E-state index >= 15 is 0 Å². The number of carboxylic acid groups (broad SMARTS) is 1. The average Bonchev–Trinajstić information content (AvgIpc) is 2.62. The minimum absolute atomic E-state index is 0.276. The van der Waals surface area contributed by atoms with E-state index in [1.54, 1.807) is 48.5 Å². The van der Waals surface area contributed by atoms with E-state index in [0.717, 1.165) is 0 Å². The van der Waals surface area contributed by atoms with Gasteiger partial charge in [0.1, 0.15) is 5.75 Å². The first-order chi connectivity index (χ1) is 12.5. The molecule has 0 saturated carbocycles. The van der Waals surface area contributed by atoms with Gasteiger partial charge in [-0.2, -0.15) is 5.10 Å². The zero-order chi connectivity index (χ0) is 18.9. The maximum Gasteiger partial charge on any atom is 0.341 e. The molecule has 0 fully saturated rings. The van der Waals surface area contributed by atoms with Crippen molar-refractivity contribution in [3.8, 4) is 5.75 Å². The van der Waals surface area contributed by atoms with Crippen LogP contribution in [0.1, 0.15) is 5.56 Å². The normalized spacial score (nSPS) is 10.3. The van der Waals surface area contributed by atoms with Gasteiger partial charge in [-0.3, -0.25) is 9.59 Å². The number of halogens is 1. The van der Waals surface area contributed by atoms with E-state index in [-0.39, 0.29) is 5.75 Å². The summed E-state index contributed by atoms with van der Waals surface area (Å²) >= 11 is 5.74. The number of anilines is 1. The highest BCUT2D eigenvalue weighted by atomic mass is 35.5. The van der Waals surface area contributed by atoms with E-state index in [0.29, 0.717) is 16.3 Å². The summed E-state index contributed by atoms with van der Waals surface area (Å²) in [7, 11) is 0. The molecule has 8 nitrogen and oxygen atoms in total. The number of carbonyl (C=O) groups excluding carboxylic acids is 2. The quantitative estimate of drug-likeness (QED) is 0.405. The number of carbonyl (C=O) groups is 3. The van der Waals surface area contributed by atoms with E-state index in [2.05, 4.69) is 15.8 Å². The zero-order valence-electron chi connectivity index (χ0n) is 13.3. The summed E-state index contributed by atoms with van der Waals surface area (Å²) in [5.41, 5.74) is 2.92. The molecule has 0 unspecified atom stereocenters. The minimum Gasteiger partial charge on any atom is -0.481 e. The standard InChI is InChI=1S/C17H14ClN3O5/c18-12-5-7-13(8-6-12)20-16(24)17(25)21-19-9-11-3-1-2-4-14(11)26-10-15(22)23/h1-9H,10H2,(H,20,24)(H,21,25)(H,22,23)/b19-9-. The second kappa shape index (κ2) is 9.19. The molecule has 0 aliphatic carbocycles. The van der Waals surface area contributed by atoms with Gasteiger partial charge in [0.25, 0.3) is 0 Å². The van der Waals surface area contributed by atoms with Crippen molar-refractivity contribution in [1.29, 1.82) is 0 Å². The molecule has 26 heavy (non-hydrogen) atoms. The van der Waals surface area contributed by atoms with Crippen LogP contribution in [0.2, 0.25) is 5.02 Å². The van der Waals surface area contributed by atoms with Crippen LogP contribution in [0.3, 0.4) is 0 Å². The first kappa shape index (κ1) is 18.9. The summed E-state index contributed by atoms with van der Waals surface area (Å²) in [6.07, 6.45) is 1.24. The third-order valence-corrected chi connectivity index (χ3v) is 3.20. The molecule has 0 bridgehead atoms. The molecule has 0 radical (unpaired) electrons. The zero-order valence-corrected chi connectivity index (χ0v) is 14.1.